The molecule has 0 radical (unpaired) electrons. The maximum Gasteiger partial charge on any atom is 0.341 e. The van der Waals surface area contributed by atoms with Crippen molar-refractivity contribution in [2.45, 2.75) is 52.9 Å². The van der Waals surface area contributed by atoms with E-state index < -0.39 is 5.97 Å². The maximum absolute atomic E-state index is 12.8. The number of anilines is 1. The number of rotatable bonds is 11. The second-order valence-corrected chi connectivity index (χ2v) is 10.2. The number of ether oxygens (including phenoxy) is 3. The summed E-state index contributed by atoms with van der Waals surface area (Å²) in [5.74, 6) is 0.911. The molecule has 0 bridgehead atoms. The molecular weight excluding hydrogens is 474 g/mol. The highest BCUT2D eigenvalue weighted by Crippen LogP contribution is 2.37. The van der Waals surface area contributed by atoms with Gasteiger partial charge in [0, 0.05) is 17.4 Å². The van der Waals surface area contributed by atoms with Gasteiger partial charge < -0.3 is 19.5 Å². The monoisotopic (exact) mass is 509 g/mol. The van der Waals surface area contributed by atoms with E-state index in [-0.39, 0.29) is 24.3 Å². The zero-order valence-corrected chi connectivity index (χ0v) is 22.5. The van der Waals surface area contributed by atoms with Gasteiger partial charge in [0.15, 0.2) is 0 Å². The molecule has 7 heteroatoms. The SMILES string of the molecule is CCOC(=O)c1c(-c2ccc(OCC)cc2)csc1NC(=O)CCCOc1ccc(C(C)(C)C)cc1. The van der Waals surface area contributed by atoms with Crippen molar-refractivity contribution in [1.29, 1.82) is 0 Å². The standard InChI is InChI=1S/C29H35NO5S/c1-6-33-22-14-10-20(11-15-22)24-19-36-27(26(24)28(32)34-7-2)30-25(31)9-8-18-35-23-16-12-21(13-17-23)29(3,4)5/h10-17,19H,6-9,18H2,1-5H3,(H,30,31). The molecule has 0 saturated heterocycles. The summed E-state index contributed by atoms with van der Waals surface area (Å²) < 4.78 is 16.6. The lowest BCUT2D eigenvalue weighted by molar-refractivity contribution is -0.116. The van der Waals surface area contributed by atoms with Crippen LogP contribution in [0.2, 0.25) is 0 Å². The van der Waals surface area contributed by atoms with Gasteiger partial charge in [0.1, 0.15) is 22.1 Å². The van der Waals surface area contributed by atoms with Gasteiger partial charge in [0.05, 0.1) is 19.8 Å². The van der Waals surface area contributed by atoms with Crippen LogP contribution in [0, 0.1) is 0 Å². The lowest BCUT2D eigenvalue weighted by atomic mass is 9.87. The molecule has 0 aliphatic carbocycles. The summed E-state index contributed by atoms with van der Waals surface area (Å²) in [5, 5.41) is 5.24. The number of benzene rings is 2. The highest BCUT2D eigenvalue weighted by atomic mass is 32.1. The van der Waals surface area contributed by atoms with Crippen LogP contribution >= 0.6 is 11.3 Å². The number of hydrogen-bond acceptors (Lipinski definition) is 6. The molecule has 0 aliphatic heterocycles. The Morgan fingerprint density at radius 1 is 0.889 bits per heavy atom. The number of amides is 1. The first-order valence-corrected chi connectivity index (χ1v) is 13.2. The minimum absolute atomic E-state index is 0.0909. The minimum atomic E-state index is -0.458. The summed E-state index contributed by atoms with van der Waals surface area (Å²) in [6.07, 6.45) is 0.831. The van der Waals surface area contributed by atoms with Gasteiger partial charge in [-0.15, -0.1) is 11.3 Å². The molecule has 1 amide bonds. The van der Waals surface area contributed by atoms with E-state index in [1.54, 1.807) is 6.92 Å². The van der Waals surface area contributed by atoms with Crippen molar-refractivity contribution in [1.82, 2.24) is 0 Å². The molecule has 0 unspecified atom stereocenters. The molecule has 3 rings (SSSR count). The third-order valence-electron chi connectivity index (χ3n) is 5.54. The van der Waals surface area contributed by atoms with Gasteiger partial charge in [-0.25, -0.2) is 4.79 Å². The van der Waals surface area contributed by atoms with Crippen molar-refractivity contribution in [3.05, 3.63) is 65.0 Å². The summed E-state index contributed by atoms with van der Waals surface area (Å²) in [7, 11) is 0. The third kappa shape index (κ3) is 7.34. The molecule has 0 aliphatic rings. The van der Waals surface area contributed by atoms with E-state index in [1.165, 1.54) is 16.9 Å². The zero-order chi connectivity index (χ0) is 26.1. The molecule has 2 aromatic carbocycles. The van der Waals surface area contributed by atoms with Crippen molar-refractivity contribution in [2.75, 3.05) is 25.1 Å². The van der Waals surface area contributed by atoms with Crippen LogP contribution in [0.15, 0.2) is 53.9 Å². The highest BCUT2D eigenvalue weighted by Gasteiger charge is 2.23. The number of hydrogen-bond donors (Lipinski definition) is 1. The van der Waals surface area contributed by atoms with Crippen LogP contribution in [0.5, 0.6) is 11.5 Å². The summed E-state index contributed by atoms with van der Waals surface area (Å²) in [5.41, 5.74) is 3.28. The zero-order valence-electron chi connectivity index (χ0n) is 21.7. The summed E-state index contributed by atoms with van der Waals surface area (Å²) >= 11 is 1.31. The van der Waals surface area contributed by atoms with Gasteiger partial charge >= 0.3 is 5.97 Å². The minimum Gasteiger partial charge on any atom is -0.494 e. The molecule has 36 heavy (non-hydrogen) atoms. The van der Waals surface area contributed by atoms with Crippen LogP contribution in [-0.4, -0.2) is 31.7 Å². The Hall–Kier alpha value is -3.32. The molecule has 0 saturated carbocycles. The lowest BCUT2D eigenvalue weighted by Crippen LogP contribution is -2.15. The van der Waals surface area contributed by atoms with Crippen LogP contribution in [0.4, 0.5) is 5.00 Å². The summed E-state index contributed by atoms with van der Waals surface area (Å²) in [4.78, 5) is 25.4. The molecule has 0 spiro atoms. The fourth-order valence-electron chi connectivity index (χ4n) is 3.63. The molecule has 0 fully saturated rings. The van der Waals surface area contributed by atoms with Crippen molar-refractivity contribution in [3.8, 4) is 22.6 Å². The van der Waals surface area contributed by atoms with Gasteiger partial charge in [-0.2, -0.15) is 0 Å². The van der Waals surface area contributed by atoms with E-state index in [4.69, 9.17) is 14.2 Å². The molecular formula is C29H35NO5S. The highest BCUT2D eigenvalue weighted by molar-refractivity contribution is 7.15. The van der Waals surface area contributed by atoms with E-state index >= 15 is 0 Å². The Morgan fingerprint density at radius 3 is 2.14 bits per heavy atom. The Morgan fingerprint density at radius 2 is 1.53 bits per heavy atom. The largest absolute Gasteiger partial charge is 0.494 e. The summed E-state index contributed by atoms with van der Waals surface area (Å²) in [6, 6.07) is 15.6. The van der Waals surface area contributed by atoms with Gasteiger partial charge in [-0.05, 0) is 61.1 Å². The Balaban J connectivity index is 1.61. The van der Waals surface area contributed by atoms with Crippen LogP contribution in [0.3, 0.4) is 0 Å². The van der Waals surface area contributed by atoms with Crippen LogP contribution in [0.25, 0.3) is 11.1 Å². The van der Waals surface area contributed by atoms with Crippen molar-refractivity contribution >= 4 is 28.2 Å². The first-order valence-electron chi connectivity index (χ1n) is 12.3. The topological polar surface area (TPSA) is 73.9 Å². The van der Waals surface area contributed by atoms with Crippen LogP contribution < -0.4 is 14.8 Å². The molecule has 3 aromatic rings. The maximum atomic E-state index is 12.8. The van der Waals surface area contributed by atoms with Gasteiger partial charge in [-0.3, -0.25) is 4.79 Å². The van der Waals surface area contributed by atoms with E-state index in [0.29, 0.717) is 30.2 Å². The van der Waals surface area contributed by atoms with E-state index in [0.717, 1.165) is 22.6 Å². The van der Waals surface area contributed by atoms with Crippen LogP contribution in [0.1, 0.15) is 63.4 Å². The number of nitrogens with one attached hydrogen (secondary N) is 1. The van der Waals surface area contributed by atoms with Gasteiger partial charge in [-0.1, -0.05) is 45.0 Å². The molecule has 6 nitrogen and oxygen atoms in total. The smallest absolute Gasteiger partial charge is 0.341 e. The molecule has 192 valence electrons. The Labute approximate surface area is 217 Å². The number of thiophene rings is 1. The molecule has 1 aromatic heterocycles. The molecule has 1 heterocycles. The first kappa shape index (κ1) is 27.3. The van der Waals surface area contributed by atoms with E-state index in [2.05, 4.69) is 38.2 Å². The quantitative estimate of drug-likeness (QED) is 0.221. The van der Waals surface area contributed by atoms with Gasteiger partial charge in [0.25, 0.3) is 0 Å². The van der Waals surface area contributed by atoms with Crippen LogP contribution in [-0.2, 0) is 14.9 Å². The number of esters is 1. The summed E-state index contributed by atoms with van der Waals surface area (Å²) in [6.45, 7) is 11.5. The van der Waals surface area contributed by atoms with E-state index in [1.807, 2.05) is 48.7 Å². The fraction of sp³-hybridized carbons (Fsp3) is 0.379. The lowest BCUT2D eigenvalue weighted by Gasteiger charge is -2.19. The number of carbonyl (C=O) groups excluding carboxylic acids is 2. The number of carbonyl (C=O) groups is 2. The third-order valence-corrected chi connectivity index (χ3v) is 6.43. The second kappa shape index (κ2) is 12.6. The normalized spacial score (nSPS) is 11.1. The fourth-order valence-corrected chi connectivity index (χ4v) is 4.60. The first-order chi connectivity index (χ1) is 17.2. The average molecular weight is 510 g/mol. The van der Waals surface area contributed by atoms with Crippen molar-refractivity contribution < 1.29 is 23.8 Å². The average Bonchev–Trinajstić information content (AvgIpc) is 3.26. The van der Waals surface area contributed by atoms with Crippen molar-refractivity contribution in [3.63, 3.8) is 0 Å². The Kier molecular flexibility index (Phi) is 9.53. The van der Waals surface area contributed by atoms with Gasteiger partial charge in [0.2, 0.25) is 5.91 Å². The molecule has 1 N–H and O–H groups in total. The predicted octanol–water partition coefficient (Wildman–Crippen LogP) is 7.09. The predicted molar refractivity (Wildman–Crippen MR) is 145 cm³/mol. The second-order valence-electron chi connectivity index (χ2n) is 9.31. The van der Waals surface area contributed by atoms with E-state index in [9.17, 15) is 9.59 Å². The molecule has 0 atom stereocenters. The van der Waals surface area contributed by atoms with Crippen molar-refractivity contribution in [2.24, 2.45) is 0 Å². The Bertz CT molecular complexity index is 1140.